The van der Waals surface area contributed by atoms with Crippen molar-refractivity contribution in [3.8, 4) is 0 Å². The van der Waals surface area contributed by atoms with Crippen molar-refractivity contribution >= 4 is 35.8 Å². The zero-order valence-electron chi connectivity index (χ0n) is 31.5. The summed E-state index contributed by atoms with van der Waals surface area (Å²) < 4.78 is 43.6. The van der Waals surface area contributed by atoms with E-state index in [1.807, 2.05) is 0 Å². The Morgan fingerprint density at radius 3 is 1.75 bits per heavy atom. The Kier molecular flexibility index (Phi) is 10.7. The third-order valence-electron chi connectivity index (χ3n) is 10.7. The molecule has 6 rings (SSSR count). The molecule has 0 amide bonds. The molecule has 2 bridgehead atoms. The van der Waals surface area contributed by atoms with Crippen LogP contribution in [0.4, 0.5) is 0 Å². The van der Waals surface area contributed by atoms with Crippen LogP contribution in [0.2, 0.25) is 0 Å². The molecule has 1 spiro atoms. The summed E-state index contributed by atoms with van der Waals surface area (Å²) in [5, 5.41) is 13.0. The highest BCUT2D eigenvalue weighted by molar-refractivity contribution is 5.91. The molecule has 2 aliphatic carbocycles. The number of benzene rings is 1. The molecule has 3 aromatic rings. The molecule has 1 N–H and O–H groups in total. The number of pyridine rings is 2. The Morgan fingerprint density at radius 1 is 0.679 bits per heavy atom. The number of hydrogen-bond donors (Lipinski definition) is 1. The first-order valence-electron chi connectivity index (χ1n) is 17.8. The van der Waals surface area contributed by atoms with Crippen molar-refractivity contribution in [2.24, 2.45) is 11.3 Å². The maximum Gasteiger partial charge on any atom is 0.340 e. The largest absolute Gasteiger partial charge is 0.465 e. The van der Waals surface area contributed by atoms with E-state index >= 15 is 0 Å². The number of esters is 6. The van der Waals surface area contributed by atoms with E-state index in [0.717, 1.165) is 20.8 Å². The first-order valence-corrected chi connectivity index (χ1v) is 17.8. The second kappa shape index (κ2) is 15.1. The van der Waals surface area contributed by atoms with E-state index in [9.17, 15) is 33.9 Å². The van der Waals surface area contributed by atoms with Gasteiger partial charge >= 0.3 is 35.8 Å². The molecule has 9 atom stereocenters. The van der Waals surface area contributed by atoms with Gasteiger partial charge in [-0.05, 0) is 57.2 Å². The smallest absolute Gasteiger partial charge is 0.340 e. The summed E-state index contributed by atoms with van der Waals surface area (Å²) in [6.45, 7) is 6.94. The van der Waals surface area contributed by atoms with Crippen molar-refractivity contribution < 1.29 is 67.0 Å². The molecule has 296 valence electrons. The summed E-state index contributed by atoms with van der Waals surface area (Å²) in [6, 6.07) is 13.6. The molecular weight excluding hydrogens is 732 g/mol. The maximum atomic E-state index is 14.3. The van der Waals surface area contributed by atoms with Crippen LogP contribution in [0.5, 0.6) is 0 Å². The second-order valence-electron chi connectivity index (χ2n) is 14.8. The van der Waals surface area contributed by atoms with Crippen molar-refractivity contribution in [1.29, 1.82) is 0 Å². The van der Waals surface area contributed by atoms with Crippen LogP contribution in [0.3, 0.4) is 0 Å². The van der Waals surface area contributed by atoms with Gasteiger partial charge in [-0.1, -0.05) is 18.2 Å². The molecule has 2 aromatic heterocycles. The molecule has 1 aliphatic heterocycles. The van der Waals surface area contributed by atoms with Gasteiger partial charge in [0.2, 0.25) is 0 Å². The number of ether oxygens (including phenoxy) is 7. The van der Waals surface area contributed by atoms with Crippen molar-refractivity contribution in [3.63, 3.8) is 0 Å². The molecule has 56 heavy (non-hydrogen) atoms. The van der Waals surface area contributed by atoms with Gasteiger partial charge in [0, 0.05) is 52.0 Å². The fraction of sp³-hybridized carbons (Fsp3) is 0.450. The number of aromatic nitrogens is 2. The molecule has 1 aromatic carbocycles. The summed E-state index contributed by atoms with van der Waals surface area (Å²) >= 11 is 0. The van der Waals surface area contributed by atoms with E-state index in [0.29, 0.717) is 0 Å². The number of aliphatic hydroxyl groups is 1. The molecule has 16 nitrogen and oxygen atoms in total. The lowest BCUT2D eigenvalue weighted by molar-refractivity contribution is -0.361. The van der Waals surface area contributed by atoms with Crippen LogP contribution < -0.4 is 0 Å². The topological polar surface area (TPSA) is 213 Å². The Morgan fingerprint density at radius 2 is 1.21 bits per heavy atom. The van der Waals surface area contributed by atoms with Crippen LogP contribution in [0.1, 0.15) is 79.0 Å². The SMILES string of the molecule is CC(=O)OC[C@]12[C@H](OC(=O)c3cccnc3)[C@H](OC(C)=O)[C@@H]3[C@@H](OC(C)=O)[C@]1(OC3(C)C)[C@@](C)(O)C[C@H](OC(=O)c1cccnc1)[C@@H]2OC(=O)c1ccccc1. The number of nitrogens with zero attached hydrogens (tertiary/aromatic N) is 2. The summed E-state index contributed by atoms with van der Waals surface area (Å²) in [7, 11) is 0. The van der Waals surface area contributed by atoms with E-state index in [-0.39, 0.29) is 16.7 Å². The first kappa shape index (κ1) is 39.9. The number of fused-ring (bicyclic) bond motifs is 1. The average molecular weight is 775 g/mol. The van der Waals surface area contributed by atoms with Crippen LogP contribution in [-0.2, 0) is 47.5 Å². The van der Waals surface area contributed by atoms with E-state index in [1.54, 1.807) is 32.0 Å². The third-order valence-corrected chi connectivity index (χ3v) is 10.7. The molecule has 3 heterocycles. The lowest BCUT2D eigenvalue weighted by Gasteiger charge is -2.66. The number of rotatable bonds is 10. The lowest BCUT2D eigenvalue weighted by atomic mass is 9.45. The van der Waals surface area contributed by atoms with Gasteiger partial charge in [0.05, 0.1) is 33.8 Å². The molecule has 0 unspecified atom stereocenters. The van der Waals surface area contributed by atoms with E-state index in [4.69, 9.17) is 33.2 Å². The van der Waals surface area contributed by atoms with Crippen LogP contribution in [0.15, 0.2) is 79.4 Å². The average Bonchev–Trinajstić information content (AvgIpc) is 3.35. The van der Waals surface area contributed by atoms with Crippen LogP contribution in [0, 0.1) is 11.3 Å². The van der Waals surface area contributed by atoms with Crippen molar-refractivity contribution in [3.05, 3.63) is 96.1 Å². The Hall–Kier alpha value is -5.74. The summed E-state index contributed by atoms with van der Waals surface area (Å²) in [4.78, 5) is 89.4. The van der Waals surface area contributed by atoms with E-state index in [1.165, 1.54) is 68.1 Å². The first-order chi connectivity index (χ1) is 26.4. The molecule has 16 heteroatoms. The quantitative estimate of drug-likeness (QED) is 0.231. The van der Waals surface area contributed by atoms with E-state index < -0.39 is 107 Å². The fourth-order valence-electron chi connectivity index (χ4n) is 8.78. The van der Waals surface area contributed by atoms with Crippen LogP contribution in [-0.4, -0.2) is 105 Å². The minimum absolute atomic E-state index is 0.00769. The summed E-state index contributed by atoms with van der Waals surface area (Å²) in [5.41, 5.74) is -8.52. The Labute approximate surface area is 321 Å². The maximum absolute atomic E-state index is 14.3. The van der Waals surface area contributed by atoms with Gasteiger partial charge < -0.3 is 38.3 Å². The number of hydrogen-bond acceptors (Lipinski definition) is 16. The van der Waals surface area contributed by atoms with Gasteiger partial charge in [-0.25, -0.2) is 14.4 Å². The number of carbonyl (C=O) groups is 6. The normalized spacial score (nSPS) is 31.1. The fourth-order valence-corrected chi connectivity index (χ4v) is 8.78. The Bertz CT molecular complexity index is 1990. The molecule has 3 aliphatic rings. The highest BCUT2D eigenvalue weighted by Gasteiger charge is 2.89. The standard InChI is InChI=1S/C40H42N2O14/c1-22(43)50-21-39-31(54-34(46)25-12-8-7-9-13-25)28(53-35(47)26-14-10-16-41-19-26)18-38(6,49)40(39)32(52-24(3)45)29(37(4,5)56-40)30(51-23(2)44)33(39)55-36(48)27-15-11-17-42-20-27/h7-17,19-20,28-33,49H,18,21H2,1-6H3/t28-,29+,30+,31-,32+,33+,38-,39-,40-/m0/s1. The van der Waals surface area contributed by atoms with E-state index in [2.05, 4.69) is 9.97 Å². The molecule has 3 fully saturated rings. The summed E-state index contributed by atoms with van der Waals surface area (Å²) in [5.74, 6) is -6.69. The van der Waals surface area contributed by atoms with Crippen molar-refractivity contribution in [2.45, 2.75) is 95.3 Å². The van der Waals surface area contributed by atoms with Crippen LogP contribution in [0.25, 0.3) is 0 Å². The zero-order valence-corrected chi connectivity index (χ0v) is 31.5. The lowest BCUT2D eigenvalue weighted by Crippen LogP contribution is -2.85. The van der Waals surface area contributed by atoms with Gasteiger partial charge in [-0.15, -0.1) is 0 Å². The number of carbonyl (C=O) groups excluding carboxylic acids is 6. The monoisotopic (exact) mass is 774 g/mol. The van der Waals surface area contributed by atoms with Crippen molar-refractivity contribution in [1.82, 2.24) is 9.97 Å². The minimum atomic E-state index is -2.41. The predicted octanol–water partition coefficient (Wildman–Crippen LogP) is 3.20. The molecule has 1 saturated heterocycles. The second-order valence-corrected chi connectivity index (χ2v) is 14.8. The van der Waals surface area contributed by atoms with Gasteiger partial charge in [-0.3, -0.25) is 24.4 Å². The van der Waals surface area contributed by atoms with Gasteiger partial charge in [-0.2, -0.15) is 0 Å². The molecular formula is C40H42N2O14. The molecule has 2 saturated carbocycles. The van der Waals surface area contributed by atoms with Crippen molar-refractivity contribution in [2.75, 3.05) is 6.61 Å². The summed E-state index contributed by atoms with van der Waals surface area (Å²) in [6.07, 6.45) is -3.73. The van der Waals surface area contributed by atoms with Gasteiger partial charge in [0.1, 0.15) is 30.3 Å². The minimum Gasteiger partial charge on any atom is -0.465 e. The zero-order chi connectivity index (χ0) is 40.6. The Balaban J connectivity index is 1.70. The third kappa shape index (κ3) is 6.87. The van der Waals surface area contributed by atoms with Gasteiger partial charge in [0.15, 0.2) is 17.8 Å². The van der Waals surface area contributed by atoms with Crippen LogP contribution >= 0.6 is 0 Å². The highest BCUT2D eigenvalue weighted by Crippen LogP contribution is 2.69. The highest BCUT2D eigenvalue weighted by atomic mass is 16.7. The molecule has 0 radical (unpaired) electrons. The van der Waals surface area contributed by atoms with Gasteiger partial charge in [0.25, 0.3) is 0 Å². The predicted molar refractivity (Wildman–Crippen MR) is 189 cm³/mol.